The molecule has 1 amide bonds. The molecule has 33 heavy (non-hydrogen) atoms. The predicted molar refractivity (Wildman–Crippen MR) is 119 cm³/mol. The molecule has 10 heteroatoms. The van der Waals surface area contributed by atoms with Gasteiger partial charge in [-0.05, 0) is 60.2 Å². The molecule has 0 aliphatic rings. The van der Waals surface area contributed by atoms with Crippen LogP contribution in [-0.2, 0) is 6.61 Å². The first-order valence-electron chi connectivity index (χ1n) is 9.58. The molecule has 2 aromatic heterocycles. The number of carbonyl (C=O) groups excluding carboxylic acids is 1. The van der Waals surface area contributed by atoms with Crippen molar-refractivity contribution in [2.45, 2.75) is 6.61 Å². The third-order valence-electron chi connectivity index (χ3n) is 4.51. The van der Waals surface area contributed by atoms with Crippen LogP contribution in [0.15, 0.2) is 68.5 Å². The highest BCUT2D eigenvalue weighted by molar-refractivity contribution is 6.31. The third-order valence-corrected chi connectivity index (χ3v) is 4.75. The van der Waals surface area contributed by atoms with Gasteiger partial charge in [0, 0.05) is 10.4 Å². The van der Waals surface area contributed by atoms with E-state index in [0.29, 0.717) is 38.8 Å². The van der Waals surface area contributed by atoms with E-state index in [4.69, 9.17) is 35.0 Å². The lowest BCUT2D eigenvalue weighted by molar-refractivity contribution is 0.0657. The molecule has 0 radical (unpaired) electrons. The average molecular weight is 469 g/mol. The Morgan fingerprint density at radius 3 is 2.67 bits per heavy atom. The van der Waals surface area contributed by atoms with Gasteiger partial charge in [0.05, 0.1) is 13.3 Å². The molecule has 9 nitrogen and oxygen atoms in total. The molecule has 0 fully saturated rings. The van der Waals surface area contributed by atoms with Crippen molar-refractivity contribution in [3.63, 3.8) is 0 Å². The number of carboxylic acids is 1. The third kappa shape index (κ3) is 5.16. The fourth-order valence-electron chi connectivity index (χ4n) is 2.95. The van der Waals surface area contributed by atoms with E-state index >= 15 is 0 Å². The molecular formula is C23H17ClN2O7. The summed E-state index contributed by atoms with van der Waals surface area (Å²) in [6.07, 6.45) is 1.44. The smallest absolute Gasteiger partial charge is 0.371 e. The SMILES string of the molecule is COc1cc(C=NNC(=O)c2cc3cc(Cl)ccc3o2)ccc1OCc1ccc(C(=O)O)o1. The van der Waals surface area contributed by atoms with E-state index in [1.165, 1.54) is 25.5 Å². The van der Waals surface area contributed by atoms with Crippen molar-refractivity contribution >= 4 is 40.7 Å². The molecule has 0 atom stereocenters. The van der Waals surface area contributed by atoms with Gasteiger partial charge in [0.25, 0.3) is 0 Å². The van der Waals surface area contributed by atoms with Gasteiger partial charge in [0.1, 0.15) is 18.0 Å². The summed E-state index contributed by atoms with van der Waals surface area (Å²) in [6, 6.07) is 14.6. The number of ether oxygens (including phenoxy) is 2. The van der Waals surface area contributed by atoms with E-state index in [2.05, 4.69) is 10.5 Å². The molecule has 0 aliphatic carbocycles. The standard InChI is InChI=1S/C23H17ClN2O7/c1-30-20-8-13(2-5-18(20)31-12-16-4-7-19(32-16)23(28)29)11-25-26-22(27)21-10-14-9-15(24)3-6-17(14)33-21/h2-11H,12H2,1H3,(H,26,27)(H,28,29). The summed E-state index contributed by atoms with van der Waals surface area (Å²) in [5, 5.41) is 14.1. The van der Waals surface area contributed by atoms with E-state index in [-0.39, 0.29) is 18.1 Å². The molecule has 4 aromatic rings. The number of fused-ring (bicyclic) bond motifs is 1. The number of carbonyl (C=O) groups is 2. The zero-order valence-electron chi connectivity index (χ0n) is 17.2. The highest BCUT2D eigenvalue weighted by atomic mass is 35.5. The molecule has 4 rings (SSSR count). The van der Waals surface area contributed by atoms with Crippen LogP contribution in [-0.4, -0.2) is 30.3 Å². The van der Waals surface area contributed by atoms with Crippen molar-refractivity contribution in [3.05, 3.63) is 82.5 Å². The van der Waals surface area contributed by atoms with Gasteiger partial charge in [-0.1, -0.05) is 11.6 Å². The van der Waals surface area contributed by atoms with Gasteiger partial charge in [0.15, 0.2) is 17.3 Å². The maximum atomic E-state index is 12.3. The van der Waals surface area contributed by atoms with Crippen molar-refractivity contribution in [1.82, 2.24) is 5.43 Å². The highest BCUT2D eigenvalue weighted by Gasteiger charge is 2.13. The second-order valence-electron chi connectivity index (χ2n) is 6.76. The monoisotopic (exact) mass is 468 g/mol. The summed E-state index contributed by atoms with van der Waals surface area (Å²) in [5.74, 6) is -0.521. The molecule has 2 heterocycles. The Kier molecular flexibility index (Phi) is 6.32. The van der Waals surface area contributed by atoms with Crippen LogP contribution in [0.3, 0.4) is 0 Å². The number of hydrogen-bond acceptors (Lipinski definition) is 7. The van der Waals surface area contributed by atoms with Crippen LogP contribution in [0.4, 0.5) is 0 Å². The molecule has 2 aromatic carbocycles. The van der Waals surface area contributed by atoms with Gasteiger partial charge in [0.2, 0.25) is 5.76 Å². The number of methoxy groups -OCH3 is 1. The van der Waals surface area contributed by atoms with Crippen molar-refractivity contribution in [3.8, 4) is 11.5 Å². The number of furan rings is 2. The van der Waals surface area contributed by atoms with Crippen LogP contribution in [0.2, 0.25) is 5.02 Å². The van der Waals surface area contributed by atoms with Gasteiger partial charge in [-0.3, -0.25) is 4.79 Å². The van der Waals surface area contributed by atoms with Crippen molar-refractivity contribution in [2.75, 3.05) is 7.11 Å². The van der Waals surface area contributed by atoms with Gasteiger partial charge in [-0.15, -0.1) is 0 Å². The highest BCUT2D eigenvalue weighted by Crippen LogP contribution is 2.28. The zero-order chi connectivity index (χ0) is 23.4. The fourth-order valence-corrected chi connectivity index (χ4v) is 3.13. The van der Waals surface area contributed by atoms with E-state index in [9.17, 15) is 9.59 Å². The van der Waals surface area contributed by atoms with Crippen LogP contribution in [0.5, 0.6) is 11.5 Å². The number of amides is 1. The predicted octanol–water partition coefficient (Wildman–Crippen LogP) is 4.73. The summed E-state index contributed by atoms with van der Waals surface area (Å²) in [5.41, 5.74) is 3.59. The van der Waals surface area contributed by atoms with Crippen molar-refractivity contribution in [1.29, 1.82) is 0 Å². The first kappa shape index (κ1) is 22.0. The first-order chi connectivity index (χ1) is 15.9. The van der Waals surface area contributed by atoms with Crippen LogP contribution in [0, 0.1) is 0 Å². The second kappa shape index (κ2) is 9.49. The van der Waals surface area contributed by atoms with Gasteiger partial charge in [-0.2, -0.15) is 5.10 Å². The molecular weight excluding hydrogens is 452 g/mol. The number of nitrogens with zero attached hydrogens (tertiary/aromatic N) is 1. The normalized spacial score (nSPS) is 11.1. The van der Waals surface area contributed by atoms with Crippen LogP contribution in [0.1, 0.15) is 32.4 Å². The summed E-state index contributed by atoms with van der Waals surface area (Å²) < 4.78 is 21.6. The van der Waals surface area contributed by atoms with Gasteiger partial charge in [-0.25, -0.2) is 10.2 Å². The number of hydrazone groups is 1. The van der Waals surface area contributed by atoms with Crippen LogP contribution >= 0.6 is 11.6 Å². The minimum Gasteiger partial charge on any atom is -0.493 e. The number of nitrogens with one attached hydrogen (secondary N) is 1. The average Bonchev–Trinajstić information content (AvgIpc) is 3.45. The molecule has 0 unspecified atom stereocenters. The fraction of sp³-hybridized carbons (Fsp3) is 0.0870. The van der Waals surface area contributed by atoms with E-state index in [0.717, 1.165) is 0 Å². The summed E-state index contributed by atoms with van der Waals surface area (Å²) >= 11 is 5.95. The van der Waals surface area contributed by atoms with E-state index < -0.39 is 11.9 Å². The molecule has 0 aliphatic heterocycles. The number of hydrogen-bond donors (Lipinski definition) is 2. The lowest BCUT2D eigenvalue weighted by Gasteiger charge is -2.10. The van der Waals surface area contributed by atoms with E-state index in [1.807, 2.05) is 0 Å². The molecule has 2 N–H and O–H groups in total. The Bertz CT molecular complexity index is 1360. The maximum Gasteiger partial charge on any atom is 0.371 e. The molecule has 0 saturated heterocycles. The van der Waals surface area contributed by atoms with Crippen molar-refractivity contribution < 1.29 is 33.0 Å². The molecule has 0 bridgehead atoms. The second-order valence-corrected chi connectivity index (χ2v) is 7.20. The molecule has 0 saturated carbocycles. The Balaban J connectivity index is 1.39. The lowest BCUT2D eigenvalue weighted by Crippen LogP contribution is -2.16. The van der Waals surface area contributed by atoms with Crippen LogP contribution in [0.25, 0.3) is 11.0 Å². The quantitative estimate of drug-likeness (QED) is 0.283. The maximum absolute atomic E-state index is 12.3. The topological polar surface area (TPSA) is 124 Å². The lowest BCUT2D eigenvalue weighted by atomic mass is 10.2. The minimum absolute atomic E-state index is 0.0237. The Morgan fingerprint density at radius 2 is 1.91 bits per heavy atom. The zero-order valence-corrected chi connectivity index (χ0v) is 18.0. The first-order valence-corrected chi connectivity index (χ1v) is 9.96. The Hall–Kier alpha value is -4.24. The van der Waals surface area contributed by atoms with Crippen LogP contribution < -0.4 is 14.9 Å². The minimum atomic E-state index is -1.15. The number of rotatable bonds is 8. The number of halogens is 1. The summed E-state index contributed by atoms with van der Waals surface area (Å²) in [4.78, 5) is 23.2. The Labute approximate surface area is 192 Å². The largest absolute Gasteiger partial charge is 0.493 e. The number of carboxylic acid groups (broad SMARTS) is 1. The van der Waals surface area contributed by atoms with E-state index in [1.54, 1.807) is 42.5 Å². The Morgan fingerprint density at radius 1 is 1.06 bits per heavy atom. The van der Waals surface area contributed by atoms with Crippen molar-refractivity contribution in [2.24, 2.45) is 5.10 Å². The molecule has 168 valence electrons. The van der Waals surface area contributed by atoms with Gasteiger partial charge >= 0.3 is 11.9 Å². The van der Waals surface area contributed by atoms with Gasteiger partial charge < -0.3 is 23.4 Å². The number of aromatic carboxylic acids is 1. The summed E-state index contributed by atoms with van der Waals surface area (Å²) in [7, 11) is 1.48. The summed E-state index contributed by atoms with van der Waals surface area (Å²) in [6.45, 7) is 0.0237. The molecule has 0 spiro atoms. The number of benzene rings is 2.